The first-order valence-electron chi connectivity index (χ1n) is 7.28. The zero-order chi connectivity index (χ0) is 15.5. The van der Waals surface area contributed by atoms with Crippen molar-refractivity contribution in [3.63, 3.8) is 0 Å². The van der Waals surface area contributed by atoms with Crippen molar-refractivity contribution >= 4 is 5.91 Å². The van der Waals surface area contributed by atoms with E-state index in [9.17, 15) is 9.59 Å². The van der Waals surface area contributed by atoms with E-state index in [1.165, 1.54) is 4.68 Å². The summed E-state index contributed by atoms with van der Waals surface area (Å²) in [6.45, 7) is 1.79. The summed E-state index contributed by atoms with van der Waals surface area (Å²) in [7, 11) is 0. The van der Waals surface area contributed by atoms with E-state index in [0.717, 1.165) is 5.56 Å². The molecule has 0 unspecified atom stereocenters. The summed E-state index contributed by atoms with van der Waals surface area (Å²) in [5, 5.41) is 4.23. The molecule has 0 aliphatic carbocycles. The van der Waals surface area contributed by atoms with E-state index in [1.54, 1.807) is 0 Å². The third kappa shape index (κ3) is 3.09. The van der Waals surface area contributed by atoms with Gasteiger partial charge in [0.15, 0.2) is 0 Å². The van der Waals surface area contributed by atoms with Gasteiger partial charge in [-0.2, -0.15) is 4.68 Å². The molecular formula is C15H18N4O3. The van der Waals surface area contributed by atoms with Gasteiger partial charge in [0.05, 0.1) is 0 Å². The number of benzene rings is 1. The first kappa shape index (κ1) is 14.5. The van der Waals surface area contributed by atoms with E-state index < -0.39 is 5.76 Å². The van der Waals surface area contributed by atoms with Crippen molar-refractivity contribution in [2.24, 2.45) is 11.7 Å². The van der Waals surface area contributed by atoms with Gasteiger partial charge < -0.3 is 10.2 Å². The Balaban J connectivity index is 1.68. The van der Waals surface area contributed by atoms with Gasteiger partial charge in [-0.25, -0.2) is 4.79 Å². The second kappa shape index (κ2) is 6.15. The van der Waals surface area contributed by atoms with Crippen molar-refractivity contribution in [1.82, 2.24) is 14.7 Å². The van der Waals surface area contributed by atoms with Gasteiger partial charge in [0.2, 0.25) is 11.8 Å². The van der Waals surface area contributed by atoms with Crippen LogP contribution in [-0.2, 0) is 11.5 Å². The zero-order valence-electron chi connectivity index (χ0n) is 12.1. The Morgan fingerprint density at radius 3 is 2.59 bits per heavy atom. The summed E-state index contributed by atoms with van der Waals surface area (Å²) in [4.78, 5) is 25.1. The summed E-state index contributed by atoms with van der Waals surface area (Å²) in [5.74, 6) is -0.469. The highest BCUT2D eigenvalue weighted by atomic mass is 16.4. The van der Waals surface area contributed by atoms with Crippen molar-refractivity contribution in [1.29, 1.82) is 0 Å². The number of carbonyl (C=O) groups excluding carboxylic acids is 1. The van der Waals surface area contributed by atoms with Gasteiger partial charge in [-0.1, -0.05) is 18.2 Å². The van der Waals surface area contributed by atoms with Crippen molar-refractivity contribution in [2.45, 2.75) is 19.5 Å². The molecule has 7 heteroatoms. The number of primary amides is 1. The molecule has 1 aliphatic rings. The number of amides is 1. The van der Waals surface area contributed by atoms with Crippen LogP contribution in [0.2, 0.25) is 0 Å². The topological polar surface area (TPSA) is 94.4 Å². The fraction of sp³-hybridized carbons (Fsp3) is 0.400. The number of piperidine rings is 1. The van der Waals surface area contributed by atoms with Crippen LogP contribution in [0.15, 0.2) is 39.5 Å². The predicted octanol–water partition coefficient (Wildman–Crippen LogP) is 0.658. The number of rotatable bonds is 4. The first-order chi connectivity index (χ1) is 10.6. The van der Waals surface area contributed by atoms with Gasteiger partial charge in [-0.05, 0) is 25.0 Å². The van der Waals surface area contributed by atoms with Crippen LogP contribution in [0.4, 0.5) is 0 Å². The molecule has 1 aromatic heterocycles. The number of nitrogens with two attached hydrogens (primary N) is 1. The SMILES string of the molecule is NC(=O)C1CCN(Cn2nc(-c3ccccc3)oc2=O)CC1. The van der Waals surface area contributed by atoms with Crippen LogP contribution in [0.25, 0.3) is 11.5 Å². The van der Waals surface area contributed by atoms with Crippen LogP contribution in [-0.4, -0.2) is 33.7 Å². The molecule has 0 radical (unpaired) electrons. The summed E-state index contributed by atoms with van der Waals surface area (Å²) in [6.07, 6.45) is 1.43. The minimum atomic E-state index is -0.476. The lowest BCUT2D eigenvalue weighted by Gasteiger charge is -2.29. The predicted molar refractivity (Wildman–Crippen MR) is 79.7 cm³/mol. The maximum Gasteiger partial charge on any atom is 0.438 e. The van der Waals surface area contributed by atoms with Gasteiger partial charge in [-0.15, -0.1) is 5.10 Å². The van der Waals surface area contributed by atoms with E-state index >= 15 is 0 Å². The third-order valence-electron chi connectivity index (χ3n) is 3.95. The van der Waals surface area contributed by atoms with Crippen LogP contribution in [0.5, 0.6) is 0 Å². The molecule has 0 saturated carbocycles. The molecule has 1 saturated heterocycles. The molecule has 2 N–H and O–H groups in total. The largest absolute Gasteiger partial charge is 0.438 e. The van der Waals surface area contributed by atoms with Gasteiger partial charge in [0, 0.05) is 24.6 Å². The smallest absolute Gasteiger partial charge is 0.388 e. The highest BCUT2D eigenvalue weighted by Gasteiger charge is 2.24. The maximum absolute atomic E-state index is 11.9. The van der Waals surface area contributed by atoms with Gasteiger partial charge in [-0.3, -0.25) is 9.69 Å². The van der Waals surface area contributed by atoms with Crippen LogP contribution < -0.4 is 11.5 Å². The van der Waals surface area contributed by atoms with Crippen molar-refractivity contribution < 1.29 is 9.21 Å². The quantitative estimate of drug-likeness (QED) is 0.895. The standard InChI is InChI=1S/C15H18N4O3/c16-13(20)11-6-8-18(9-7-11)10-19-15(21)22-14(17-19)12-4-2-1-3-5-12/h1-5,11H,6-10H2,(H2,16,20). The Labute approximate surface area is 127 Å². The van der Waals surface area contributed by atoms with Crippen molar-refractivity contribution in [3.05, 3.63) is 40.9 Å². The van der Waals surface area contributed by atoms with E-state index in [4.69, 9.17) is 10.2 Å². The minimum absolute atomic E-state index is 0.0647. The first-order valence-corrected chi connectivity index (χ1v) is 7.28. The summed E-state index contributed by atoms with van der Waals surface area (Å²) in [6, 6.07) is 9.30. The Morgan fingerprint density at radius 2 is 1.95 bits per heavy atom. The lowest BCUT2D eigenvalue weighted by atomic mass is 9.97. The Kier molecular flexibility index (Phi) is 4.06. The Morgan fingerprint density at radius 1 is 1.27 bits per heavy atom. The Hall–Kier alpha value is -2.41. The zero-order valence-corrected chi connectivity index (χ0v) is 12.1. The highest BCUT2D eigenvalue weighted by Crippen LogP contribution is 2.18. The molecule has 7 nitrogen and oxygen atoms in total. The monoisotopic (exact) mass is 302 g/mol. The van der Waals surface area contributed by atoms with Gasteiger partial charge >= 0.3 is 5.76 Å². The van der Waals surface area contributed by atoms with Crippen LogP contribution >= 0.6 is 0 Å². The Bertz CT molecular complexity index is 699. The average Bonchev–Trinajstić information content (AvgIpc) is 2.90. The van der Waals surface area contributed by atoms with Crippen molar-refractivity contribution in [3.8, 4) is 11.5 Å². The maximum atomic E-state index is 11.9. The molecule has 0 bridgehead atoms. The number of likely N-dealkylation sites (tertiary alicyclic amines) is 1. The van der Waals surface area contributed by atoms with Crippen molar-refractivity contribution in [2.75, 3.05) is 13.1 Å². The summed E-state index contributed by atoms with van der Waals surface area (Å²) in [5.41, 5.74) is 6.09. The lowest BCUT2D eigenvalue weighted by molar-refractivity contribution is -0.123. The summed E-state index contributed by atoms with van der Waals surface area (Å²) < 4.78 is 6.51. The molecule has 2 aromatic rings. The van der Waals surface area contributed by atoms with Crippen LogP contribution in [0.1, 0.15) is 12.8 Å². The van der Waals surface area contributed by atoms with E-state index in [-0.39, 0.29) is 11.8 Å². The molecule has 0 spiro atoms. The molecule has 2 heterocycles. The lowest BCUT2D eigenvalue weighted by Crippen LogP contribution is -2.40. The van der Waals surface area contributed by atoms with E-state index in [2.05, 4.69) is 10.00 Å². The molecule has 116 valence electrons. The molecular weight excluding hydrogens is 284 g/mol. The fourth-order valence-corrected chi connectivity index (χ4v) is 2.64. The number of aromatic nitrogens is 2. The van der Waals surface area contributed by atoms with Crippen LogP contribution in [0.3, 0.4) is 0 Å². The van der Waals surface area contributed by atoms with Gasteiger partial charge in [0.25, 0.3) is 0 Å². The molecule has 22 heavy (non-hydrogen) atoms. The van der Waals surface area contributed by atoms with Crippen LogP contribution in [0, 0.1) is 5.92 Å². The second-order valence-electron chi connectivity index (χ2n) is 5.47. The number of carbonyl (C=O) groups is 1. The average molecular weight is 302 g/mol. The van der Waals surface area contributed by atoms with E-state index in [1.807, 2.05) is 30.3 Å². The minimum Gasteiger partial charge on any atom is -0.388 e. The number of hydrogen-bond donors (Lipinski definition) is 1. The van der Waals surface area contributed by atoms with Gasteiger partial charge in [0.1, 0.15) is 6.67 Å². The second-order valence-corrected chi connectivity index (χ2v) is 5.47. The highest BCUT2D eigenvalue weighted by molar-refractivity contribution is 5.76. The number of nitrogens with zero attached hydrogens (tertiary/aromatic N) is 3. The molecule has 1 aliphatic heterocycles. The molecule has 0 atom stereocenters. The molecule has 3 rings (SSSR count). The molecule has 1 fully saturated rings. The fourth-order valence-electron chi connectivity index (χ4n) is 2.64. The molecule has 1 aromatic carbocycles. The van der Waals surface area contributed by atoms with E-state index in [0.29, 0.717) is 38.5 Å². The summed E-state index contributed by atoms with van der Waals surface area (Å²) >= 11 is 0. The third-order valence-corrected chi connectivity index (χ3v) is 3.95. The number of hydrogen-bond acceptors (Lipinski definition) is 5. The normalized spacial score (nSPS) is 16.7. The molecule has 1 amide bonds.